The largest absolute Gasteiger partial charge is 0.489 e. The van der Waals surface area contributed by atoms with Gasteiger partial charge in [-0.05, 0) is 12.1 Å². The van der Waals surface area contributed by atoms with E-state index in [-0.39, 0.29) is 30.2 Å². The molecule has 0 spiro atoms. The number of rotatable bonds is 3. The highest BCUT2D eigenvalue weighted by molar-refractivity contribution is 8.03. The molecule has 0 bridgehead atoms. The monoisotopic (exact) mass is 334 g/mol. The maximum absolute atomic E-state index is 12.2. The Bertz CT molecular complexity index is 800. The smallest absolute Gasteiger partial charge is 0.352 e. The molecule has 1 aromatic carbocycles. The maximum atomic E-state index is 12.2. The van der Waals surface area contributed by atoms with Gasteiger partial charge in [0.2, 0.25) is 0 Å². The number of hydrogen-bond acceptors (Lipinski definition) is 5. The summed E-state index contributed by atoms with van der Waals surface area (Å²) in [6.45, 7) is -0.0436. The van der Waals surface area contributed by atoms with Gasteiger partial charge in [0.25, 0.3) is 0 Å². The van der Waals surface area contributed by atoms with Crippen molar-refractivity contribution in [1.29, 1.82) is 0 Å². The Morgan fingerprint density at radius 3 is 2.57 bits per heavy atom. The van der Waals surface area contributed by atoms with Gasteiger partial charge in [-0.2, -0.15) is 8.42 Å². The summed E-state index contributed by atoms with van der Waals surface area (Å²) in [5.74, 6) is -1.26. The Hall–Kier alpha value is -1.81. The van der Waals surface area contributed by atoms with Crippen LogP contribution in [0.25, 0.3) is 0 Å². The first-order valence-electron chi connectivity index (χ1n) is 5.82. The van der Waals surface area contributed by atoms with E-state index in [1.807, 2.05) is 0 Å². The highest BCUT2D eigenvalue weighted by atomic mass is 32.3. The lowest BCUT2D eigenvalue weighted by Gasteiger charge is -2.29. The molecule has 21 heavy (non-hydrogen) atoms. The van der Waals surface area contributed by atoms with Crippen LogP contribution in [0, 0.1) is 0 Å². The van der Waals surface area contributed by atoms with Crippen LogP contribution in [0.4, 0.5) is 5.69 Å². The number of ether oxygens (including phenoxy) is 1. The van der Waals surface area contributed by atoms with Gasteiger partial charge in [-0.3, -0.25) is 0 Å². The van der Waals surface area contributed by atoms with Crippen molar-refractivity contribution in [3.8, 4) is 5.75 Å². The first-order chi connectivity index (χ1) is 9.62. The van der Waals surface area contributed by atoms with Crippen molar-refractivity contribution in [3.05, 3.63) is 23.8 Å². The van der Waals surface area contributed by atoms with E-state index < -0.39 is 25.9 Å². The topological polar surface area (TPSA) is 113 Å². The number of carbonyl (C=O) groups is 1. The lowest BCUT2D eigenvalue weighted by molar-refractivity contribution is 0.0692. The van der Waals surface area contributed by atoms with E-state index in [9.17, 15) is 17.4 Å². The minimum atomic E-state index is -4.19. The van der Waals surface area contributed by atoms with E-state index >= 15 is 0 Å². The van der Waals surface area contributed by atoms with E-state index in [4.69, 9.17) is 9.84 Å². The minimum absolute atomic E-state index is 0.0132. The van der Waals surface area contributed by atoms with Crippen molar-refractivity contribution >= 4 is 31.6 Å². The molecule has 0 amide bonds. The number of anilines is 1. The average Bonchev–Trinajstić information content (AvgIpc) is 2.34. The summed E-state index contributed by atoms with van der Waals surface area (Å²) < 4.78 is 45.6. The molecule has 1 heterocycles. The first-order valence-corrected chi connectivity index (χ1v) is 9.55. The fourth-order valence-electron chi connectivity index (χ4n) is 1.90. The molecule has 0 aromatic heterocycles. The second-order valence-electron chi connectivity index (χ2n) is 4.61. The van der Waals surface area contributed by atoms with E-state index in [0.717, 1.165) is 4.31 Å². The molecule has 0 aliphatic carbocycles. The normalized spacial score (nSPS) is 15.0. The van der Waals surface area contributed by atoms with Gasteiger partial charge in [-0.15, -0.1) is 0 Å². The molecule has 0 saturated heterocycles. The number of hydrogen-bond donors (Lipinski definition) is 1. The van der Waals surface area contributed by atoms with Crippen molar-refractivity contribution in [2.24, 2.45) is 3.77 Å². The van der Waals surface area contributed by atoms with Crippen LogP contribution in [0.15, 0.2) is 22.0 Å². The lowest BCUT2D eigenvalue weighted by Crippen LogP contribution is -2.37. The van der Waals surface area contributed by atoms with E-state index in [2.05, 4.69) is 3.77 Å². The van der Waals surface area contributed by atoms with Crippen molar-refractivity contribution < 1.29 is 27.3 Å². The van der Waals surface area contributed by atoms with Crippen LogP contribution in [0.5, 0.6) is 5.75 Å². The van der Waals surface area contributed by atoms with Crippen molar-refractivity contribution in [1.82, 2.24) is 0 Å². The van der Waals surface area contributed by atoms with Crippen LogP contribution in [0.2, 0.25) is 0 Å². The molecule has 1 aliphatic heterocycles. The predicted molar refractivity (Wildman–Crippen MR) is 77.6 cm³/mol. The van der Waals surface area contributed by atoms with Crippen LogP contribution < -0.4 is 9.04 Å². The number of benzene rings is 1. The molecule has 0 fully saturated rings. The number of nitrogens with zero attached hydrogens (tertiary/aromatic N) is 2. The molecular weight excluding hydrogens is 320 g/mol. The molecule has 0 atom stereocenters. The standard InChI is InChI=1S/C11H14N2O6S2/c1-20(2,16)12-21(17,18)13-6-7-19-10-8(11(14)15)4-3-5-9(10)13/h3-5H,6-7H2,1-2H3,(H,14,15). The summed E-state index contributed by atoms with van der Waals surface area (Å²) in [6, 6.07) is 4.15. The van der Waals surface area contributed by atoms with Crippen LogP contribution in [-0.2, 0) is 19.9 Å². The Morgan fingerprint density at radius 1 is 1.33 bits per heavy atom. The molecular formula is C11H14N2O6S2. The highest BCUT2D eigenvalue weighted by Gasteiger charge is 2.31. The van der Waals surface area contributed by atoms with Crippen molar-refractivity contribution in [2.75, 3.05) is 30.0 Å². The molecule has 1 aromatic rings. The molecule has 0 saturated carbocycles. The van der Waals surface area contributed by atoms with E-state index in [0.29, 0.717) is 0 Å². The van der Waals surface area contributed by atoms with Gasteiger partial charge < -0.3 is 9.84 Å². The van der Waals surface area contributed by atoms with Crippen LogP contribution >= 0.6 is 0 Å². The Balaban J connectivity index is 2.62. The lowest BCUT2D eigenvalue weighted by atomic mass is 10.1. The molecule has 8 nitrogen and oxygen atoms in total. The average molecular weight is 334 g/mol. The summed E-state index contributed by atoms with van der Waals surface area (Å²) >= 11 is 0. The van der Waals surface area contributed by atoms with E-state index in [1.54, 1.807) is 0 Å². The molecule has 10 heteroatoms. The van der Waals surface area contributed by atoms with Gasteiger partial charge in [-0.1, -0.05) is 9.83 Å². The number of carboxylic acids is 1. The number of para-hydroxylation sites is 1. The fourth-order valence-corrected chi connectivity index (χ4v) is 4.73. The Kier molecular flexibility index (Phi) is 3.85. The Morgan fingerprint density at radius 2 is 2.00 bits per heavy atom. The van der Waals surface area contributed by atoms with Gasteiger partial charge in [-0.25, -0.2) is 13.3 Å². The van der Waals surface area contributed by atoms with Crippen LogP contribution in [0.3, 0.4) is 0 Å². The molecule has 1 aliphatic rings. The van der Waals surface area contributed by atoms with Gasteiger partial charge in [0.15, 0.2) is 5.75 Å². The zero-order chi connectivity index (χ0) is 15.8. The summed E-state index contributed by atoms with van der Waals surface area (Å²) in [6.07, 6.45) is 2.42. The SMILES string of the molecule is CS(C)(=O)=NS(=O)(=O)N1CCOc2c(C(=O)O)cccc21. The van der Waals surface area contributed by atoms with Gasteiger partial charge in [0, 0.05) is 12.5 Å². The molecule has 1 N–H and O–H groups in total. The number of carboxylic acid groups (broad SMARTS) is 1. The first kappa shape index (κ1) is 15.6. The molecule has 0 radical (unpaired) electrons. The third kappa shape index (κ3) is 3.27. The third-order valence-electron chi connectivity index (χ3n) is 2.59. The molecule has 2 rings (SSSR count). The second-order valence-corrected chi connectivity index (χ2v) is 8.91. The predicted octanol–water partition coefficient (Wildman–Crippen LogP) is 0.556. The quantitative estimate of drug-likeness (QED) is 0.864. The van der Waals surface area contributed by atoms with E-state index in [1.165, 1.54) is 30.7 Å². The summed E-state index contributed by atoms with van der Waals surface area (Å²) in [4.78, 5) is 11.1. The van der Waals surface area contributed by atoms with Crippen molar-refractivity contribution in [2.45, 2.75) is 0 Å². The minimum Gasteiger partial charge on any atom is -0.489 e. The molecule has 116 valence electrons. The second kappa shape index (κ2) is 5.19. The number of aromatic carboxylic acids is 1. The van der Waals surface area contributed by atoms with Crippen molar-refractivity contribution in [3.63, 3.8) is 0 Å². The zero-order valence-electron chi connectivity index (χ0n) is 11.3. The van der Waals surface area contributed by atoms with Crippen LogP contribution in [-0.4, -0.2) is 49.4 Å². The summed E-state index contributed by atoms with van der Waals surface area (Å²) in [7, 11) is -7.06. The summed E-state index contributed by atoms with van der Waals surface area (Å²) in [5.41, 5.74) is -0.0605. The number of fused-ring (bicyclic) bond motifs is 1. The van der Waals surface area contributed by atoms with Gasteiger partial charge in [0.1, 0.15) is 12.2 Å². The van der Waals surface area contributed by atoms with Crippen LogP contribution in [0.1, 0.15) is 10.4 Å². The molecule has 0 unspecified atom stereocenters. The maximum Gasteiger partial charge on any atom is 0.352 e. The van der Waals surface area contributed by atoms with Gasteiger partial charge in [0.05, 0.1) is 22.0 Å². The zero-order valence-corrected chi connectivity index (χ0v) is 13.0. The Labute approximate surface area is 122 Å². The third-order valence-corrected chi connectivity index (χ3v) is 5.71. The van der Waals surface area contributed by atoms with Gasteiger partial charge >= 0.3 is 16.2 Å². The fraction of sp³-hybridized carbons (Fsp3) is 0.364. The highest BCUT2D eigenvalue weighted by Crippen LogP contribution is 2.36. The summed E-state index contributed by atoms with van der Waals surface area (Å²) in [5, 5.41) is 9.10.